The predicted octanol–water partition coefficient (Wildman–Crippen LogP) is 2.74. The van der Waals surface area contributed by atoms with E-state index in [2.05, 4.69) is 0 Å². The maximum Gasteiger partial charge on any atom is 0.162 e. The second kappa shape index (κ2) is 3.42. The highest BCUT2D eigenvalue weighted by molar-refractivity contribution is 7.11. The third kappa shape index (κ3) is 1.73. The highest BCUT2D eigenvalue weighted by Gasteiger charge is 2.04. The summed E-state index contributed by atoms with van der Waals surface area (Å²) < 4.78 is 0. The van der Waals surface area contributed by atoms with E-state index in [4.69, 9.17) is 16.9 Å². The Labute approximate surface area is 73.0 Å². The minimum absolute atomic E-state index is 0.149. The van der Waals surface area contributed by atoms with Gasteiger partial charge in [-0.15, -0.1) is 11.3 Å². The quantitative estimate of drug-likeness (QED) is 0.540. The van der Waals surface area contributed by atoms with Gasteiger partial charge >= 0.3 is 0 Å². The number of allylic oxidation sites excluding steroid dienone is 1. The standard InChI is InChI=1S/C7H4ClNOS/c8-5(4-9)7(10)6-2-1-3-11-6/h1-3,10H/b7-5+. The molecular formula is C7H4ClNOS. The number of thiophene rings is 1. The molecule has 56 valence electrons. The van der Waals surface area contributed by atoms with Gasteiger partial charge in [-0.2, -0.15) is 5.26 Å². The molecular weight excluding hydrogens is 182 g/mol. The lowest BCUT2D eigenvalue weighted by Crippen LogP contribution is -1.78. The number of rotatable bonds is 1. The molecule has 0 aliphatic carbocycles. The van der Waals surface area contributed by atoms with E-state index in [9.17, 15) is 5.11 Å². The van der Waals surface area contributed by atoms with E-state index in [-0.39, 0.29) is 10.8 Å². The van der Waals surface area contributed by atoms with Gasteiger partial charge in [0.25, 0.3) is 0 Å². The summed E-state index contributed by atoms with van der Waals surface area (Å²) in [6, 6.07) is 5.12. The molecule has 1 aromatic heterocycles. The van der Waals surface area contributed by atoms with Crippen LogP contribution < -0.4 is 0 Å². The van der Waals surface area contributed by atoms with Gasteiger partial charge in [0.1, 0.15) is 6.07 Å². The first-order valence-corrected chi connectivity index (χ1v) is 4.04. The molecule has 4 heteroatoms. The highest BCUT2D eigenvalue weighted by atomic mass is 35.5. The summed E-state index contributed by atoms with van der Waals surface area (Å²) in [5.74, 6) is -0.149. The number of hydrogen-bond acceptors (Lipinski definition) is 3. The molecule has 0 fully saturated rings. The lowest BCUT2D eigenvalue weighted by atomic mass is 10.4. The van der Waals surface area contributed by atoms with Crippen molar-refractivity contribution in [2.24, 2.45) is 0 Å². The van der Waals surface area contributed by atoms with Crippen LogP contribution in [0.15, 0.2) is 22.5 Å². The number of aliphatic hydroxyl groups excluding tert-OH is 1. The zero-order chi connectivity index (χ0) is 8.27. The van der Waals surface area contributed by atoms with Crippen LogP contribution in [0.3, 0.4) is 0 Å². The molecule has 0 aliphatic rings. The summed E-state index contributed by atoms with van der Waals surface area (Å²) in [6.45, 7) is 0. The molecule has 1 N–H and O–H groups in total. The largest absolute Gasteiger partial charge is 0.504 e. The van der Waals surface area contributed by atoms with Crippen LogP contribution in [0.1, 0.15) is 4.88 Å². The van der Waals surface area contributed by atoms with Crippen molar-refractivity contribution in [1.82, 2.24) is 0 Å². The molecule has 0 radical (unpaired) electrons. The van der Waals surface area contributed by atoms with Crippen LogP contribution >= 0.6 is 22.9 Å². The Balaban J connectivity index is 3.05. The molecule has 0 saturated heterocycles. The first-order chi connectivity index (χ1) is 5.25. The number of nitrogens with zero attached hydrogens (tertiary/aromatic N) is 1. The first kappa shape index (κ1) is 8.12. The van der Waals surface area contributed by atoms with Crippen LogP contribution in [-0.2, 0) is 0 Å². The number of nitriles is 1. The summed E-state index contributed by atoms with van der Waals surface area (Å²) in [5, 5.41) is 19.1. The van der Waals surface area contributed by atoms with Gasteiger partial charge in [0.05, 0.1) is 4.88 Å². The molecule has 0 unspecified atom stereocenters. The smallest absolute Gasteiger partial charge is 0.162 e. The zero-order valence-corrected chi connectivity index (χ0v) is 6.99. The van der Waals surface area contributed by atoms with Crippen molar-refractivity contribution < 1.29 is 5.11 Å². The van der Waals surface area contributed by atoms with E-state index in [0.717, 1.165) is 0 Å². The minimum Gasteiger partial charge on any atom is -0.504 e. The second-order valence-electron chi connectivity index (χ2n) is 1.75. The molecule has 0 atom stereocenters. The van der Waals surface area contributed by atoms with Gasteiger partial charge in [-0.1, -0.05) is 17.7 Å². The lowest BCUT2D eigenvalue weighted by molar-refractivity contribution is 0.513. The van der Waals surface area contributed by atoms with Crippen molar-refractivity contribution in [2.45, 2.75) is 0 Å². The molecule has 1 aromatic rings. The van der Waals surface area contributed by atoms with Crippen LogP contribution in [0.2, 0.25) is 0 Å². The van der Waals surface area contributed by atoms with Gasteiger partial charge in [-0.05, 0) is 11.4 Å². The Morgan fingerprint density at radius 1 is 1.73 bits per heavy atom. The Hall–Kier alpha value is -0.980. The monoisotopic (exact) mass is 185 g/mol. The Bertz CT molecular complexity index is 310. The summed E-state index contributed by atoms with van der Waals surface area (Å²) >= 11 is 6.71. The number of halogens is 1. The molecule has 0 bridgehead atoms. The summed E-state index contributed by atoms with van der Waals surface area (Å²) in [5.41, 5.74) is 0. The fourth-order valence-corrected chi connectivity index (χ4v) is 1.41. The molecule has 0 amide bonds. The molecule has 2 nitrogen and oxygen atoms in total. The maximum atomic E-state index is 9.21. The van der Waals surface area contributed by atoms with Crippen LogP contribution in [0, 0.1) is 11.3 Å². The van der Waals surface area contributed by atoms with Gasteiger partial charge in [-0.25, -0.2) is 0 Å². The second-order valence-corrected chi connectivity index (χ2v) is 3.08. The number of aliphatic hydroxyl groups is 1. The molecule has 0 saturated carbocycles. The van der Waals surface area contributed by atoms with Gasteiger partial charge < -0.3 is 5.11 Å². The van der Waals surface area contributed by atoms with Gasteiger partial charge in [0, 0.05) is 0 Å². The highest BCUT2D eigenvalue weighted by Crippen LogP contribution is 2.22. The van der Waals surface area contributed by atoms with E-state index >= 15 is 0 Å². The number of hydrogen-bond donors (Lipinski definition) is 1. The summed E-state index contributed by atoms with van der Waals surface area (Å²) in [7, 11) is 0. The van der Waals surface area contributed by atoms with Crippen molar-refractivity contribution in [3.8, 4) is 6.07 Å². The van der Waals surface area contributed by atoms with E-state index in [1.54, 1.807) is 23.6 Å². The SMILES string of the molecule is N#C/C(Cl)=C(\O)c1cccs1. The zero-order valence-electron chi connectivity index (χ0n) is 5.41. The van der Waals surface area contributed by atoms with E-state index in [0.29, 0.717) is 4.88 Å². The maximum absolute atomic E-state index is 9.21. The molecule has 1 rings (SSSR count). The Morgan fingerprint density at radius 3 is 2.91 bits per heavy atom. The van der Waals surface area contributed by atoms with Crippen molar-refractivity contribution in [3.05, 3.63) is 27.4 Å². The molecule has 0 aliphatic heterocycles. The normalized spacial score (nSPS) is 12.0. The summed E-state index contributed by atoms with van der Waals surface area (Å²) in [6.07, 6.45) is 0. The minimum atomic E-state index is -0.174. The lowest BCUT2D eigenvalue weighted by Gasteiger charge is -1.92. The molecule has 1 heterocycles. The summed E-state index contributed by atoms with van der Waals surface area (Å²) in [4.78, 5) is 0.608. The first-order valence-electron chi connectivity index (χ1n) is 2.78. The van der Waals surface area contributed by atoms with Gasteiger partial charge in [0.2, 0.25) is 0 Å². The Kier molecular flexibility index (Phi) is 2.53. The topological polar surface area (TPSA) is 44.0 Å². The molecule has 11 heavy (non-hydrogen) atoms. The predicted molar refractivity (Wildman–Crippen MR) is 45.3 cm³/mol. The average Bonchev–Trinajstić information content (AvgIpc) is 2.53. The van der Waals surface area contributed by atoms with Crippen LogP contribution in [-0.4, -0.2) is 5.11 Å². The van der Waals surface area contributed by atoms with Crippen LogP contribution in [0.4, 0.5) is 0 Å². The van der Waals surface area contributed by atoms with Gasteiger partial charge in [-0.3, -0.25) is 0 Å². The van der Waals surface area contributed by atoms with Crippen LogP contribution in [0.5, 0.6) is 0 Å². The fraction of sp³-hybridized carbons (Fsp3) is 0. The van der Waals surface area contributed by atoms with Gasteiger partial charge in [0.15, 0.2) is 10.8 Å². The molecule has 0 aromatic carbocycles. The van der Waals surface area contributed by atoms with Crippen molar-refractivity contribution in [1.29, 1.82) is 5.26 Å². The third-order valence-corrected chi connectivity index (χ3v) is 2.20. The van der Waals surface area contributed by atoms with Crippen molar-refractivity contribution >= 4 is 28.7 Å². The van der Waals surface area contributed by atoms with Crippen LogP contribution in [0.25, 0.3) is 5.76 Å². The van der Waals surface area contributed by atoms with E-state index in [1.807, 2.05) is 0 Å². The average molecular weight is 186 g/mol. The van der Waals surface area contributed by atoms with E-state index < -0.39 is 0 Å². The fourth-order valence-electron chi connectivity index (χ4n) is 0.574. The van der Waals surface area contributed by atoms with Crippen molar-refractivity contribution in [3.63, 3.8) is 0 Å². The van der Waals surface area contributed by atoms with Crippen molar-refractivity contribution in [2.75, 3.05) is 0 Å². The third-order valence-electron chi connectivity index (χ3n) is 1.06. The van der Waals surface area contributed by atoms with E-state index in [1.165, 1.54) is 11.3 Å². The molecule has 0 spiro atoms. The Morgan fingerprint density at radius 2 is 2.45 bits per heavy atom.